The van der Waals surface area contributed by atoms with Gasteiger partial charge in [-0.25, -0.2) is 0 Å². The Labute approximate surface area is 112 Å². The molecule has 1 N–H and O–H groups in total. The van der Waals surface area contributed by atoms with E-state index in [1.54, 1.807) is 0 Å². The highest BCUT2D eigenvalue weighted by Crippen LogP contribution is 2.38. The maximum absolute atomic E-state index is 10.7. The Morgan fingerprint density at radius 3 is 2.88 bits per heavy atom. The summed E-state index contributed by atoms with van der Waals surface area (Å²) in [7, 11) is 0. The number of hydrogen-bond acceptors (Lipinski definition) is 3. The largest absolute Gasteiger partial charge is 0.384 e. The first kappa shape index (κ1) is 13.3. The Hall–Kier alpha value is -0.0900. The average Bonchev–Trinajstić information content (AvgIpc) is 2.65. The van der Waals surface area contributed by atoms with Crippen molar-refractivity contribution in [1.82, 2.24) is 4.90 Å². The van der Waals surface area contributed by atoms with Gasteiger partial charge >= 0.3 is 0 Å². The third kappa shape index (κ3) is 3.22. The van der Waals surface area contributed by atoms with Crippen LogP contribution in [-0.4, -0.2) is 29.6 Å². The lowest BCUT2D eigenvalue weighted by Gasteiger charge is -2.25. The fraction of sp³-hybridized carbons (Fsp3) is 0.692. The molecule has 0 aliphatic carbocycles. The molecule has 1 aromatic heterocycles. The number of halogens is 1. The molecule has 0 bridgehead atoms. The van der Waals surface area contributed by atoms with E-state index in [4.69, 9.17) is 11.6 Å². The molecule has 0 spiro atoms. The Kier molecular flexibility index (Phi) is 4.47. The first-order valence-corrected chi connectivity index (χ1v) is 7.54. The van der Waals surface area contributed by atoms with Crippen LogP contribution in [0.5, 0.6) is 0 Å². The van der Waals surface area contributed by atoms with Crippen LogP contribution < -0.4 is 0 Å². The highest BCUT2D eigenvalue weighted by molar-refractivity contribution is 7.16. The monoisotopic (exact) mass is 273 g/mol. The van der Waals surface area contributed by atoms with E-state index in [1.807, 2.05) is 12.1 Å². The molecule has 2 nitrogen and oxygen atoms in total. The second-order valence-corrected chi connectivity index (χ2v) is 6.55. The summed E-state index contributed by atoms with van der Waals surface area (Å²) in [5.41, 5.74) is -0.652. The third-order valence-electron chi connectivity index (χ3n) is 3.48. The number of nitrogens with zero attached hydrogens (tertiary/aromatic N) is 1. The van der Waals surface area contributed by atoms with E-state index in [-0.39, 0.29) is 0 Å². The fourth-order valence-corrected chi connectivity index (χ4v) is 3.71. The van der Waals surface area contributed by atoms with E-state index in [2.05, 4.69) is 11.8 Å². The van der Waals surface area contributed by atoms with Crippen LogP contribution >= 0.6 is 22.9 Å². The highest BCUT2D eigenvalue weighted by atomic mass is 35.5. The summed E-state index contributed by atoms with van der Waals surface area (Å²) in [5, 5.41) is 10.7. The zero-order valence-corrected chi connectivity index (χ0v) is 11.9. The van der Waals surface area contributed by atoms with E-state index >= 15 is 0 Å². The minimum Gasteiger partial charge on any atom is -0.384 e. The van der Waals surface area contributed by atoms with Crippen molar-refractivity contribution in [3.63, 3.8) is 0 Å². The number of rotatable bonds is 3. The maximum Gasteiger partial charge on any atom is 0.100 e. The minimum atomic E-state index is -0.652. The molecule has 2 rings (SSSR count). The van der Waals surface area contributed by atoms with E-state index < -0.39 is 5.60 Å². The molecule has 0 amide bonds. The molecule has 0 saturated carbocycles. The first-order valence-electron chi connectivity index (χ1n) is 6.34. The van der Waals surface area contributed by atoms with E-state index in [0.717, 1.165) is 48.1 Å². The average molecular weight is 274 g/mol. The molecule has 1 atom stereocenters. The second-order valence-electron chi connectivity index (χ2n) is 4.83. The smallest absolute Gasteiger partial charge is 0.100 e. The number of aliphatic hydroxyl groups is 1. The molecule has 1 fully saturated rings. The summed E-state index contributed by atoms with van der Waals surface area (Å²) < 4.78 is 0.767. The lowest BCUT2D eigenvalue weighted by atomic mass is 9.93. The predicted molar refractivity (Wildman–Crippen MR) is 73.8 cm³/mol. The van der Waals surface area contributed by atoms with Gasteiger partial charge in [0.15, 0.2) is 0 Å². The van der Waals surface area contributed by atoms with Crippen LogP contribution in [0.1, 0.15) is 37.5 Å². The van der Waals surface area contributed by atoms with Gasteiger partial charge in [-0.2, -0.15) is 0 Å². The molecule has 1 aliphatic heterocycles. The molecule has 1 saturated heterocycles. The van der Waals surface area contributed by atoms with E-state index in [1.165, 1.54) is 17.8 Å². The van der Waals surface area contributed by atoms with Gasteiger partial charge in [0.2, 0.25) is 0 Å². The van der Waals surface area contributed by atoms with Crippen molar-refractivity contribution in [2.24, 2.45) is 0 Å². The first-order chi connectivity index (χ1) is 8.14. The Morgan fingerprint density at radius 2 is 2.24 bits per heavy atom. The van der Waals surface area contributed by atoms with Gasteiger partial charge in [-0.1, -0.05) is 18.5 Å². The second kappa shape index (κ2) is 5.70. The van der Waals surface area contributed by atoms with Crippen LogP contribution in [0.25, 0.3) is 0 Å². The van der Waals surface area contributed by atoms with E-state index in [0.29, 0.717) is 0 Å². The Bertz CT molecular complexity index is 368. The van der Waals surface area contributed by atoms with Crippen molar-refractivity contribution in [2.75, 3.05) is 19.6 Å². The van der Waals surface area contributed by atoms with E-state index in [9.17, 15) is 5.11 Å². The molecule has 17 heavy (non-hydrogen) atoms. The number of hydrogen-bond donors (Lipinski definition) is 1. The molecule has 1 aliphatic rings. The lowest BCUT2D eigenvalue weighted by Crippen LogP contribution is -2.29. The molecular formula is C13H20ClNOS. The van der Waals surface area contributed by atoms with Gasteiger partial charge in [-0.3, -0.25) is 0 Å². The van der Waals surface area contributed by atoms with Crippen molar-refractivity contribution in [2.45, 2.75) is 38.2 Å². The maximum atomic E-state index is 10.7. The Morgan fingerprint density at radius 1 is 1.41 bits per heavy atom. The summed E-state index contributed by atoms with van der Waals surface area (Å²) in [6.07, 6.45) is 3.92. The van der Waals surface area contributed by atoms with Gasteiger partial charge in [0.1, 0.15) is 5.60 Å². The zero-order valence-electron chi connectivity index (χ0n) is 10.3. The third-order valence-corrected chi connectivity index (χ3v) is 4.90. The molecule has 96 valence electrons. The number of thiophene rings is 1. The van der Waals surface area contributed by atoms with Gasteiger partial charge in [0, 0.05) is 11.4 Å². The fourth-order valence-electron chi connectivity index (χ4n) is 2.53. The van der Waals surface area contributed by atoms with Gasteiger partial charge in [0.05, 0.1) is 4.34 Å². The van der Waals surface area contributed by atoms with Crippen molar-refractivity contribution < 1.29 is 5.11 Å². The highest BCUT2D eigenvalue weighted by Gasteiger charge is 2.33. The summed E-state index contributed by atoms with van der Waals surface area (Å²) in [4.78, 5) is 3.48. The van der Waals surface area contributed by atoms with Crippen molar-refractivity contribution in [3.05, 3.63) is 21.3 Å². The topological polar surface area (TPSA) is 23.5 Å². The van der Waals surface area contributed by atoms with Gasteiger partial charge in [0.25, 0.3) is 0 Å². The molecule has 0 radical (unpaired) electrons. The molecular weight excluding hydrogens is 254 g/mol. The zero-order chi connectivity index (χ0) is 12.3. The number of likely N-dealkylation sites (tertiary alicyclic amines) is 1. The molecule has 1 unspecified atom stereocenters. The quantitative estimate of drug-likeness (QED) is 0.911. The van der Waals surface area contributed by atoms with Crippen LogP contribution in [0.3, 0.4) is 0 Å². The minimum absolute atomic E-state index is 0.652. The summed E-state index contributed by atoms with van der Waals surface area (Å²) >= 11 is 7.47. The van der Waals surface area contributed by atoms with Crippen LogP contribution in [0, 0.1) is 0 Å². The SMILES string of the molecule is CCCN1CCCC(O)(c2ccc(Cl)s2)CC1. The Balaban J connectivity index is 2.06. The van der Waals surface area contributed by atoms with Gasteiger partial charge in [-0.05, 0) is 50.9 Å². The summed E-state index contributed by atoms with van der Waals surface area (Å²) in [6.45, 7) is 5.44. The summed E-state index contributed by atoms with van der Waals surface area (Å²) in [6, 6.07) is 3.86. The molecule has 2 heterocycles. The normalized spacial score (nSPS) is 27.0. The van der Waals surface area contributed by atoms with Crippen molar-refractivity contribution in [1.29, 1.82) is 0 Å². The van der Waals surface area contributed by atoms with Crippen LogP contribution in [0.15, 0.2) is 12.1 Å². The standard InChI is InChI=1S/C13H20ClNOS/c1-2-8-15-9-3-6-13(16,7-10-15)11-4-5-12(14)17-11/h4-5,16H,2-3,6-10H2,1H3. The van der Waals surface area contributed by atoms with Crippen LogP contribution in [-0.2, 0) is 5.60 Å². The summed E-state index contributed by atoms with van der Waals surface area (Å²) in [5.74, 6) is 0. The molecule has 4 heteroatoms. The molecule has 0 aromatic carbocycles. The predicted octanol–water partition coefficient (Wildman–Crippen LogP) is 3.49. The van der Waals surface area contributed by atoms with Gasteiger partial charge < -0.3 is 10.0 Å². The lowest BCUT2D eigenvalue weighted by molar-refractivity contribution is 0.0249. The van der Waals surface area contributed by atoms with Crippen molar-refractivity contribution >= 4 is 22.9 Å². The van der Waals surface area contributed by atoms with Crippen LogP contribution in [0.4, 0.5) is 0 Å². The van der Waals surface area contributed by atoms with Gasteiger partial charge in [-0.15, -0.1) is 11.3 Å². The van der Waals surface area contributed by atoms with Crippen molar-refractivity contribution in [3.8, 4) is 0 Å². The van der Waals surface area contributed by atoms with Crippen LogP contribution in [0.2, 0.25) is 4.34 Å². The molecule has 1 aromatic rings.